The van der Waals surface area contributed by atoms with Crippen LogP contribution in [0.25, 0.3) is 0 Å². The van der Waals surface area contributed by atoms with Crippen LogP contribution < -0.4 is 16.0 Å². The van der Waals surface area contributed by atoms with Crippen LogP contribution >= 0.6 is 0 Å². The fourth-order valence-electron chi connectivity index (χ4n) is 1.51. The van der Waals surface area contributed by atoms with Gasteiger partial charge in [0.1, 0.15) is 5.75 Å². The molecule has 18 heavy (non-hydrogen) atoms. The zero-order valence-corrected chi connectivity index (χ0v) is 10.8. The van der Waals surface area contributed by atoms with Gasteiger partial charge in [0.25, 0.3) is 5.91 Å². The normalized spacial score (nSPS) is 12.1. The molecule has 1 amide bonds. The number of ether oxygens (including phenoxy) is 1. The van der Waals surface area contributed by atoms with E-state index in [1.165, 1.54) is 6.92 Å². The first-order valence-electron chi connectivity index (χ1n) is 5.73. The van der Waals surface area contributed by atoms with E-state index in [1.54, 1.807) is 24.3 Å². The summed E-state index contributed by atoms with van der Waals surface area (Å²) in [6.45, 7) is 5.19. The molecule has 0 aromatic heterocycles. The SMILES string of the molecule is CC(=O)c1cccc(OC(C(=O)NN)C(C)C)c1. The number of carbonyl (C=O) groups is 2. The van der Waals surface area contributed by atoms with Crippen molar-refractivity contribution >= 4 is 11.7 Å². The predicted molar refractivity (Wildman–Crippen MR) is 68.0 cm³/mol. The van der Waals surface area contributed by atoms with E-state index in [9.17, 15) is 9.59 Å². The Hall–Kier alpha value is -1.88. The van der Waals surface area contributed by atoms with E-state index in [2.05, 4.69) is 5.43 Å². The number of rotatable bonds is 5. The first kappa shape index (κ1) is 14.2. The molecular weight excluding hydrogens is 232 g/mol. The van der Waals surface area contributed by atoms with Crippen molar-refractivity contribution in [1.82, 2.24) is 5.43 Å². The summed E-state index contributed by atoms with van der Waals surface area (Å²) in [5.41, 5.74) is 2.62. The molecule has 0 bridgehead atoms. The molecule has 1 rings (SSSR count). The number of nitrogens with two attached hydrogens (primary N) is 1. The van der Waals surface area contributed by atoms with Crippen molar-refractivity contribution in [2.45, 2.75) is 26.9 Å². The first-order valence-corrected chi connectivity index (χ1v) is 5.73. The van der Waals surface area contributed by atoms with Gasteiger partial charge in [-0.2, -0.15) is 0 Å². The highest BCUT2D eigenvalue weighted by Gasteiger charge is 2.23. The molecule has 1 unspecified atom stereocenters. The topological polar surface area (TPSA) is 81.4 Å². The standard InChI is InChI=1S/C13H18N2O3/c1-8(2)12(13(17)15-14)18-11-6-4-5-10(7-11)9(3)16/h4-8,12H,14H2,1-3H3,(H,15,17). The Labute approximate surface area is 106 Å². The molecule has 1 aromatic carbocycles. The van der Waals surface area contributed by atoms with E-state index in [4.69, 9.17) is 10.6 Å². The van der Waals surface area contributed by atoms with Gasteiger partial charge in [-0.05, 0) is 25.0 Å². The van der Waals surface area contributed by atoms with Crippen molar-refractivity contribution in [2.24, 2.45) is 11.8 Å². The molecule has 0 radical (unpaired) electrons. The van der Waals surface area contributed by atoms with E-state index in [0.29, 0.717) is 11.3 Å². The highest BCUT2D eigenvalue weighted by atomic mass is 16.5. The lowest BCUT2D eigenvalue weighted by molar-refractivity contribution is -0.129. The fraction of sp³-hybridized carbons (Fsp3) is 0.385. The summed E-state index contributed by atoms with van der Waals surface area (Å²) < 4.78 is 5.58. The lowest BCUT2D eigenvalue weighted by Crippen LogP contribution is -2.44. The number of Topliss-reactive ketones (excluding diaryl/α,β-unsaturated/α-hetero) is 1. The second kappa shape index (κ2) is 6.16. The van der Waals surface area contributed by atoms with E-state index in [0.717, 1.165) is 0 Å². The van der Waals surface area contributed by atoms with E-state index in [-0.39, 0.29) is 11.7 Å². The monoisotopic (exact) mass is 250 g/mol. The van der Waals surface area contributed by atoms with E-state index in [1.807, 2.05) is 13.8 Å². The summed E-state index contributed by atoms with van der Waals surface area (Å²) in [6.07, 6.45) is -0.683. The Kier molecular flexibility index (Phi) is 4.85. The zero-order chi connectivity index (χ0) is 13.7. The first-order chi connectivity index (χ1) is 8.45. The predicted octanol–water partition coefficient (Wildman–Crippen LogP) is 1.28. The molecule has 0 saturated heterocycles. The van der Waals surface area contributed by atoms with Crippen LogP contribution in [-0.4, -0.2) is 17.8 Å². The number of hydrogen-bond donors (Lipinski definition) is 2. The molecule has 0 aliphatic heterocycles. The summed E-state index contributed by atoms with van der Waals surface area (Å²) in [7, 11) is 0. The summed E-state index contributed by atoms with van der Waals surface area (Å²) in [6, 6.07) is 6.72. The quantitative estimate of drug-likeness (QED) is 0.357. The smallest absolute Gasteiger partial charge is 0.275 e. The van der Waals surface area contributed by atoms with Crippen LogP contribution in [0.3, 0.4) is 0 Å². The Morgan fingerprint density at radius 2 is 2.00 bits per heavy atom. The van der Waals surface area contributed by atoms with Gasteiger partial charge in [0, 0.05) is 5.56 Å². The molecule has 0 spiro atoms. The molecule has 0 aliphatic carbocycles. The van der Waals surface area contributed by atoms with Crippen molar-refractivity contribution in [3.8, 4) is 5.75 Å². The number of hydrazine groups is 1. The van der Waals surface area contributed by atoms with Crippen LogP contribution in [0.4, 0.5) is 0 Å². The van der Waals surface area contributed by atoms with Gasteiger partial charge in [-0.3, -0.25) is 15.0 Å². The van der Waals surface area contributed by atoms with Gasteiger partial charge >= 0.3 is 0 Å². The third kappa shape index (κ3) is 3.56. The van der Waals surface area contributed by atoms with Gasteiger partial charge < -0.3 is 4.74 Å². The number of nitrogens with one attached hydrogen (secondary N) is 1. The second-order valence-corrected chi connectivity index (χ2v) is 4.38. The average molecular weight is 250 g/mol. The second-order valence-electron chi connectivity index (χ2n) is 4.38. The van der Waals surface area contributed by atoms with Gasteiger partial charge in [-0.1, -0.05) is 26.0 Å². The number of hydrogen-bond acceptors (Lipinski definition) is 4. The maximum absolute atomic E-state index is 11.5. The molecule has 0 saturated carbocycles. The summed E-state index contributed by atoms with van der Waals surface area (Å²) in [5.74, 6) is 5.11. The van der Waals surface area contributed by atoms with Gasteiger partial charge in [0.05, 0.1) is 0 Å². The Morgan fingerprint density at radius 3 is 2.50 bits per heavy atom. The molecular formula is C13H18N2O3. The molecule has 0 heterocycles. The number of carbonyl (C=O) groups excluding carboxylic acids is 2. The van der Waals surface area contributed by atoms with Crippen LogP contribution in [0.1, 0.15) is 31.1 Å². The summed E-state index contributed by atoms with van der Waals surface area (Å²) in [5, 5.41) is 0. The maximum atomic E-state index is 11.5. The minimum absolute atomic E-state index is 0.0328. The minimum Gasteiger partial charge on any atom is -0.480 e. The van der Waals surface area contributed by atoms with Crippen LogP contribution in [0.15, 0.2) is 24.3 Å². The van der Waals surface area contributed by atoms with Crippen LogP contribution in [-0.2, 0) is 4.79 Å². The van der Waals surface area contributed by atoms with Crippen LogP contribution in [0.5, 0.6) is 5.75 Å². The maximum Gasteiger partial charge on any atom is 0.275 e. The van der Waals surface area contributed by atoms with Crippen molar-refractivity contribution in [1.29, 1.82) is 0 Å². The third-order valence-electron chi connectivity index (χ3n) is 2.51. The number of benzene rings is 1. The van der Waals surface area contributed by atoms with Crippen molar-refractivity contribution in [3.63, 3.8) is 0 Å². The van der Waals surface area contributed by atoms with Crippen molar-refractivity contribution in [3.05, 3.63) is 29.8 Å². The molecule has 1 aromatic rings. The zero-order valence-electron chi connectivity index (χ0n) is 10.8. The lowest BCUT2D eigenvalue weighted by atomic mass is 10.1. The molecule has 1 atom stereocenters. The van der Waals surface area contributed by atoms with Crippen LogP contribution in [0, 0.1) is 5.92 Å². The molecule has 5 nitrogen and oxygen atoms in total. The van der Waals surface area contributed by atoms with E-state index >= 15 is 0 Å². The molecule has 3 N–H and O–H groups in total. The molecule has 0 fully saturated rings. The summed E-state index contributed by atoms with van der Waals surface area (Å²) in [4.78, 5) is 22.8. The third-order valence-corrected chi connectivity index (χ3v) is 2.51. The Balaban J connectivity index is 2.90. The molecule has 0 aliphatic rings. The molecule has 5 heteroatoms. The number of ketones is 1. The molecule has 98 valence electrons. The average Bonchev–Trinajstić information content (AvgIpc) is 2.35. The van der Waals surface area contributed by atoms with Gasteiger partial charge in [0.2, 0.25) is 0 Å². The largest absolute Gasteiger partial charge is 0.480 e. The van der Waals surface area contributed by atoms with Gasteiger partial charge in [-0.15, -0.1) is 0 Å². The highest BCUT2D eigenvalue weighted by molar-refractivity contribution is 5.94. The summed E-state index contributed by atoms with van der Waals surface area (Å²) >= 11 is 0. The van der Waals surface area contributed by atoms with Gasteiger partial charge in [0.15, 0.2) is 11.9 Å². The Morgan fingerprint density at radius 1 is 1.33 bits per heavy atom. The highest BCUT2D eigenvalue weighted by Crippen LogP contribution is 2.18. The minimum atomic E-state index is -0.683. The van der Waals surface area contributed by atoms with Crippen molar-refractivity contribution < 1.29 is 14.3 Å². The number of amides is 1. The van der Waals surface area contributed by atoms with E-state index < -0.39 is 12.0 Å². The van der Waals surface area contributed by atoms with Crippen molar-refractivity contribution in [2.75, 3.05) is 0 Å². The fourth-order valence-corrected chi connectivity index (χ4v) is 1.51. The van der Waals surface area contributed by atoms with Gasteiger partial charge in [-0.25, -0.2) is 5.84 Å². The Bertz CT molecular complexity index is 444. The lowest BCUT2D eigenvalue weighted by Gasteiger charge is -2.20. The van der Waals surface area contributed by atoms with Crippen LogP contribution in [0.2, 0.25) is 0 Å².